The highest BCUT2D eigenvalue weighted by Crippen LogP contribution is 2.30. The summed E-state index contributed by atoms with van der Waals surface area (Å²) in [4.78, 5) is 39.8. The van der Waals surface area contributed by atoms with Crippen LogP contribution < -0.4 is 0 Å². The van der Waals surface area contributed by atoms with Gasteiger partial charge < -0.3 is 9.80 Å². The second kappa shape index (κ2) is 7.92. The highest BCUT2D eigenvalue weighted by molar-refractivity contribution is 5.78. The summed E-state index contributed by atoms with van der Waals surface area (Å²) in [6.45, 7) is 6.15. The van der Waals surface area contributed by atoms with Gasteiger partial charge in [0.25, 0.3) is 0 Å². The number of likely N-dealkylation sites (tertiary alicyclic amines) is 2. The van der Waals surface area contributed by atoms with E-state index in [1.165, 1.54) is 6.42 Å². The molecule has 7 nitrogen and oxygen atoms in total. The summed E-state index contributed by atoms with van der Waals surface area (Å²) in [6, 6.07) is 0.134. The molecule has 2 amide bonds. The molecule has 0 saturated carbocycles. The van der Waals surface area contributed by atoms with E-state index in [9.17, 15) is 9.59 Å². The number of piperidine rings is 1. The van der Waals surface area contributed by atoms with Crippen LogP contribution in [0.15, 0.2) is 6.20 Å². The number of fused-ring (bicyclic) bond motifs is 1. The molecule has 0 aliphatic carbocycles. The summed E-state index contributed by atoms with van der Waals surface area (Å²) < 4.78 is 0. The van der Waals surface area contributed by atoms with E-state index < -0.39 is 0 Å². The minimum atomic E-state index is 0.0999. The van der Waals surface area contributed by atoms with Gasteiger partial charge in [-0.1, -0.05) is 0 Å². The highest BCUT2D eigenvalue weighted by atomic mass is 16.2. The molecule has 1 aromatic rings. The van der Waals surface area contributed by atoms with Crippen LogP contribution in [0.1, 0.15) is 62.2 Å². The van der Waals surface area contributed by atoms with E-state index in [-0.39, 0.29) is 17.9 Å². The van der Waals surface area contributed by atoms with Gasteiger partial charge in [0, 0.05) is 51.3 Å². The first kappa shape index (κ1) is 18.3. The van der Waals surface area contributed by atoms with Crippen molar-refractivity contribution >= 4 is 11.8 Å². The molecule has 1 atom stereocenters. The van der Waals surface area contributed by atoms with E-state index in [1.807, 2.05) is 16.0 Å². The van der Waals surface area contributed by atoms with Crippen LogP contribution >= 0.6 is 0 Å². The van der Waals surface area contributed by atoms with Crippen LogP contribution in [0.2, 0.25) is 0 Å². The van der Waals surface area contributed by atoms with Gasteiger partial charge in [0.05, 0.1) is 18.3 Å². The van der Waals surface area contributed by atoms with Gasteiger partial charge in [-0.15, -0.1) is 0 Å². The fourth-order valence-corrected chi connectivity index (χ4v) is 4.49. The Balaban J connectivity index is 1.44. The lowest BCUT2D eigenvalue weighted by Crippen LogP contribution is -2.42. The molecule has 146 valence electrons. The molecule has 27 heavy (non-hydrogen) atoms. The van der Waals surface area contributed by atoms with Crippen LogP contribution in [-0.4, -0.2) is 69.2 Å². The van der Waals surface area contributed by atoms with Crippen molar-refractivity contribution in [1.82, 2.24) is 24.7 Å². The molecule has 0 N–H and O–H groups in total. The molecule has 1 aromatic heterocycles. The maximum Gasteiger partial charge on any atom is 0.236 e. The van der Waals surface area contributed by atoms with Crippen LogP contribution in [0.25, 0.3) is 0 Å². The zero-order chi connectivity index (χ0) is 18.8. The van der Waals surface area contributed by atoms with Crippen molar-refractivity contribution < 1.29 is 9.59 Å². The number of aromatic nitrogens is 2. The van der Waals surface area contributed by atoms with Gasteiger partial charge in [0.1, 0.15) is 5.82 Å². The van der Waals surface area contributed by atoms with Crippen LogP contribution in [0, 0.1) is 0 Å². The van der Waals surface area contributed by atoms with E-state index in [2.05, 4.69) is 9.88 Å². The summed E-state index contributed by atoms with van der Waals surface area (Å²) in [7, 11) is 0. The van der Waals surface area contributed by atoms with E-state index in [1.54, 1.807) is 6.92 Å². The normalized spacial score (nSPS) is 23.4. The van der Waals surface area contributed by atoms with Crippen molar-refractivity contribution in [3.05, 3.63) is 23.3 Å². The third-order valence-corrected chi connectivity index (χ3v) is 6.11. The molecule has 3 aliphatic rings. The van der Waals surface area contributed by atoms with Gasteiger partial charge in [0.2, 0.25) is 11.8 Å². The molecule has 0 radical (unpaired) electrons. The first-order chi connectivity index (χ1) is 13.1. The van der Waals surface area contributed by atoms with E-state index >= 15 is 0 Å². The van der Waals surface area contributed by atoms with Crippen molar-refractivity contribution in [3.63, 3.8) is 0 Å². The van der Waals surface area contributed by atoms with E-state index in [0.717, 1.165) is 75.4 Å². The summed E-state index contributed by atoms with van der Waals surface area (Å²) >= 11 is 0. The molecule has 7 heteroatoms. The number of nitrogens with zero attached hydrogens (tertiary/aromatic N) is 5. The summed E-state index contributed by atoms with van der Waals surface area (Å²) in [6.07, 6.45) is 8.24. The Kier molecular flexibility index (Phi) is 5.38. The number of hydrogen-bond donors (Lipinski definition) is 0. The molecule has 0 bridgehead atoms. The van der Waals surface area contributed by atoms with Crippen molar-refractivity contribution in [1.29, 1.82) is 0 Å². The monoisotopic (exact) mass is 371 g/mol. The maximum absolute atomic E-state index is 12.7. The third kappa shape index (κ3) is 3.98. The highest BCUT2D eigenvalue weighted by Gasteiger charge is 2.32. The van der Waals surface area contributed by atoms with Crippen molar-refractivity contribution in [3.8, 4) is 0 Å². The fourth-order valence-electron chi connectivity index (χ4n) is 4.49. The zero-order valence-electron chi connectivity index (χ0n) is 16.2. The topological polar surface area (TPSA) is 69.6 Å². The molecular formula is C20H29N5O2. The van der Waals surface area contributed by atoms with Crippen molar-refractivity contribution in [2.75, 3.05) is 32.7 Å². The van der Waals surface area contributed by atoms with E-state index in [0.29, 0.717) is 13.1 Å². The Morgan fingerprint density at radius 3 is 2.67 bits per heavy atom. The number of carbonyl (C=O) groups is 2. The summed E-state index contributed by atoms with van der Waals surface area (Å²) in [5, 5.41) is 0. The quantitative estimate of drug-likeness (QED) is 0.806. The maximum atomic E-state index is 12.7. The van der Waals surface area contributed by atoms with Gasteiger partial charge >= 0.3 is 0 Å². The molecule has 4 heterocycles. The summed E-state index contributed by atoms with van der Waals surface area (Å²) in [5.41, 5.74) is 2.11. The molecule has 0 unspecified atom stereocenters. The Morgan fingerprint density at radius 1 is 1.07 bits per heavy atom. The minimum Gasteiger partial charge on any atom is -0.342 e. The first-order valence-corrected chi connectivity index (χ1v) is 10.2. The minimum absolute atomic E-state index is 0.0999. The Morgan fingerprint density at radius 2 is 1.89 bits per heavy atom. The number of rotatable bonds is 3. The second-order valence-electron chi connectivity index (χ2n) is 7.96. The lowest BCUT2D eigenvalue weighted by Gasteiger charge is -2.31. The average molecular weight is 371 g/mol. The molecular weight excluding hydrogens is 342 g/mol. The lowest BCUT2D eigenvalue weighted by atomic mass is 10.1. The third-order valence-electron chi connectivity index (χ3n) is 6.11. The van der Waals surface area contributed by atoms with Gasteiger partial charge in [-0.25, -0.2) is 9.97 Å². The van der Waals surface area contributed by atoms with Gasteiger partial charge in [0.15, 0.2) is 0 Å². The largest absolute Gasteiger partial charge is 0.342 e. The second-order valence-corrected chi connectivity index (χ2v) is 7.96. The molecule has 2 saturated heterocycles. The van der Waals surface area contributed by atoms with Crippen LogP contribution in [0.4, 0.5) is 0 Å². The number of carbonyl (C=O) groups excluding carboxylic acids is 2. The molecule has 0 aromatic carbocycles. The Hall–Kier alpha value is -2.02. The van der Waals surface area contributed by atoms with Gasteiger partial charge in [-0.2, -0.15) is 0 Å². The Labute approximate surface area is 160 Å². The van der Waals surface area contributed by atoms with Crippen LogP contribution in [-0.2, 0) is 22.6 Å². The number of hydrogen-bond acceptors (Lipinski definition) is 5. The zero-order valence-corrected chi connectivity index (χ0v) is 16.2. The number of amides is 2. The molecule has 0 spiro atoms. The van der Waals surface area contributed by atoms with E-state index in [4.69, 9.17) is 4.98 Å². The fraction of sp³-hybridized carbons (Fsp3) is 0.700. The smallest absolute Gasteiger partial charge is 0.236 e. The van der Waals surface area contributed by atoms with Crippen molar-refractivity contribution in [2.24, 2.45) is 0 Å². The lowest BCUT2D eigenvalue weighted by molar-refractivity contribution is -0.133. The van der Waals surface area contributed by atoms with Crippen molar-refractivity contribution in [2.45, 2.75) is 58.0 Å². The molecule has 3 aliphatic heterocycles. The average Bonchev–Trinajstić information content (AvgIpc) is 3.15. The van der Waals surface area contributed by atoms with Gasteiger partial charge in [-0.3, -0.25) is 14.5 Å². The molecule has 2 fully saturated rings. The first-order valence-electron chi connectivity index (χ1n) is 10.2. The van der Waals surface area contributed by atoms with Crippen LogP contribution in [0.5, 0.6) is 0 Å². The standard InChI is InChI=1S/C20H29N5O2/c1-15(26)24-11-7-17-16(13-24)12-21-20(22-17)18-6-5-10-25(18)14-19(27)23-8-3-2-4-9-23/h12,18H,2-11,13-14H2,1H3/t18-/m1/s1. The molecule has 4 rings (SSSR count). The predicted molar refractivity (Wildman–Crippen MR) is 101 cm³/mol. The summed E-state index contributed by atoms with van der Waals surface area (Å²) in [5.74, 6) is 1.19. The Bertz CT molecular complexity index is 716. The van der Waals surface area contributed by atoms with Crippen LogP contribution in [0.3, 0.4) is 0 Å². The predicted octanol–water partition coefficient (Wildman–Crippen LogP) is 1.53. The SMILES string of the molecule is CC(=O)N1CCc2nc([C@H]3CCCN3CC(=O)N3CCCCC3)ncc2C1. The van der Waals surface area contributed by atoms with Gasteiger partial charge in [-0.05, 0) is 38.6 Å².